The SMILES string of the molecule is COC(=O)c1ccc(O[C@H](C)C(=O)Nc2ccc(OC)c(OC)c2)c([N+](=O)[O-])c1. The highest BCUT2D eigenvalue weighted by molar-refractivity contribution is 5.94. The number of methoxy groups -OCH3 is 3. The number of nitrogens with one attached hydrogen (secondary N) is 1. The van der Waals surface area contributed by atoms with Gasteiger partial charge in [0.15, 0.2) is 23.4 Å². The van der Waals surface area contributed by atoms with E-state index in [0.29, 0.717) is 17.2 Å². The Kier molecular flexibility index (Phi) is 6.96. The molecule has 2 aromatic carbocycles. The summed E-state index contributed by atoms with van der Waals surface area (Å²) in [5.41, 5.74) is -0.0358. The molecule has 154 valence electrons. The van der Waals surface area contributed by atoms with Crippen molar-refractivity contribution in [2.24, 2.45) is 0 Å². The Balaban J connectivity index is 2.17. The van der Waals surface area contributed by atoms with Gasteiger partial charge in [0.2, 0.25) is 0 Å². The van der Waals surface area contributed by atoms with Crippen molar-refractivity contribution in [3.8, 4) is 17.2 Å². The molecule has 0 unspecified atom stereocenters. The molecule has 0 bridgehead atoms. The van der Waals surface area contributed by atoms with Gasteiger partial charge in [-0.15, -0.1) is 0 Å². The van der Waals surface area contributed by atoms with Crippen LogP contribution in [0.4, 0.5) is 11.4 Å². The van der Waals surface area contributed by atoms with Crippen molar-refractivity contribution in [1.29, 1.82) is 0 Å². The van der Waals surface area contributed by atoms with Crippen LogP contribution in [0, 0.1) is 10.1 Å². The van der Waals surface area contributed by atoms with Crippen molar-refractivity contribution in [2.45, 2.75) is 13.0 Å². The van der Waals surface area contributed by atoms with E-state index >= 15 is 0 Å². The molecule has 0 heterocycles. The van der Waals surface area contributed by atoms with E-state index in [4.69, 9.17) is 14.2 Å². The Morgan fingerprint density at radius 3 is 2.24 bits per heavy atom. The smallest absolute Gasteiger partial charge is 0.338 e. The molecule has 10 heteroatoms. The third-order valence-electron chi connectivity index (χ3n) is 3.90. The molecule has 0 aliphatic rings. The Labute approximate surface area is 166 Å². The minimum absolute atomic E-state index is 0.00557. The van der Waals surface area contributed by atoms with Crippen LogP contribution >= 0.6 is 0 Å². The van der Waals surface area contributed by atoms with Gasteiger partial charge in [0.1, 0.15) is 0 Å². The molecule has 0 aromatic heterocycles. The molecule has 0 fully saturated rings. The molecule has 0 radical (unpaired) electrons. The molecule has 0 aliphatic heterocycles. The van der Waals surface area contributed by atoms with Crippen LogP contribution in [0.1, 0.15) is 17.3 Å². The number of carbonyl (C=O) groups is 2. The molecule has 1 N–H and O–H groups in total. The van der Waals surface area contributed by atoms with Gasteiger partial charge in [0.05, 0.1) is 31.8 Å². The van der Waals surface area contributed by atoms with Crippen LogP contribution < -0.4 is 19.5 Å². The van der Waals surface area contributed by atoms with Crippen molar-refractivity contribution in [2.75, 3.05) is 26.6 Å². The van der Waals surface area contributed by atoms with Crippen LogP contribution in [-0.4, -0.2) is 44.2 Å². The number of hydrogen-bond donors (Lipinski definition) is 1. The van der Waals surface area contributed by atoms with Gasteiger partial charge >= 0.3 is 11.7 Å². The van der Waals surface area contributed by atoms with Crippen LogP contribution in [0.15, 0.2) is 36.4 Å². The summed E-state index contributed by atoms with van der Waals surface area (Å²) >= 11 is 0. The maximum absolute atomic E-state index is 12.4. The zero-order chi connectivity index (χ0) is 21.6. The molecule has 0 aliphatic carbocycles. The highest BCUT2D eigenvalue weighted by Gasteiger charge is 2.23. The van der Waals surface area contributed by atoms with Gasteiger partial charge in [-0.25, -0.2) is 4.79 Å². The van der Waals surface area contributed by atoms with Gasteiger partial charge in [-0.3, -0.25) is 14.9 Å². The molecular weight excluding hydrogens is 384 g/mol. The molecule has 29 heavy (non-hydrogen) atoms. The second kappa shape index (κ2) is 9.40. The monoisotopic (exact) mass is 404 g/mol. The number of amides is 1. The quantitative estimate of drug-likeness (QED) is 0.404. The van der Waals surface area contributed by atoms with Crippen molar-refractivity contribution < 1.29 is 33.5 Å². The molecule has 0 spiro atoms. The van der Waals surface area contributed by atoms with E-state index in [1.807, 2.05) is 0 Å². The molecule has 10 nitrogen and oxygen atoms in total. The summed E-state index contributed by atoms with van der Waals surface area (Å²) in [6.45, 7) is 1.44. The number of nitro groups is 1. The van der Waals surface area contributed by atoms with Gasteiger partial charge in [0.25, 0.3) is 5.91 Å². The maximum Gasteiger partial charge on any atom is 0.338 e. The third kappa shape index (κ3) is 5.12. The summed E-state index contributed by atoms with van der Waals surface area (Å²) < 4.78 is 20.3. The zero-order valence-electron chi connectivity index (χ0n) is 16.3. The average Bonchev–Trinajstić information content (AvgIpc) is 2.72. The lowest BCUT2D eigenvalue weighted by Crippen LogP contribution is -2.30. The summed E-state index contributed by atoms with van der Waals surface area (Å²) in [5, 5.41) is 13.9. The lowest BCUT2D eigenvalue weighted by Gasteiger charge is -2.16. The Hall–Kier alpha value is -3.82. The maximum atomic E-state index is 12.4. The summed E-state index contributed by atoms with van der Waals surface area (Å²) in [4.78, 5) is 34.6. The fourth-order valence-electron chi connectivity index (χ4n) is 2.41. The van der Waals surface area contributed by atoms with E-state index in [9.17, 15) is 19.7 Å². The Morgan fingerprint density at radius 2 is 1.66 bits per heavy atom. The number of ether oxygens (including phenoxy) is 4. The minimum atomic E-state index is -1.06. The van der Waals surface area contributed by atoms with Crippen molar-refractivity contribution in [3.05, 3.63) is 52.1 Å². The second-order valence-electron chi connectivity index (χ2n) is 5.75. The zero-order valence-corrected chi connectivity index (χ0v) is 16.3. The number of benzene rings is 2. The first-order chi connectivity index (χ1) is 13.8. The van der Waals surface area contributed by atoms with Crippen molar-refractivity contribution >= 4 is 23.3 Å². The second-order valence-corrected chi connectivity index (χ2v) is 5.75. The summed E-state index contributed by atoms with van der Waals surface area (Å²) in [6.07, 6.45) is -1.06. The van der Waals surface area contributed by atoms with Crippen molar-refractivity contribution in [1.82, 2.24) is 0 Å². The van der Waals surface area contributed by atoms with Gasteiger partial charge in [0, 0.05) is 17.8 Å². The number of esters is 1. The van der Waals surface area contributed by atoms with Crippen LogP contribution in [0.25, 0.3) is 0 Å². The summed E-state index contributed by atoms with van der Waals surface area (Å²) in [7, 11) is 4.12. The van der Waals surface area contributed by atoms with E-state index < -0.39 is 28.6 Å². The number of anilines is 1. The third-order valence-corrected chi connectivity index (χ3v) is 3.90. The minimum Gasteiger partial charge on any atom is -0.493 e. The molecule has 0 saturated heterocycles. The predicted octanol–water partition coefficient (Wildman–Crippen LogP) is 2.80. The number of nitrogens with zero attached hydrogens (tertiary/aromatic N) is 1. The van der Waals surface area contributed by atoms with Crippen molar-refractivity contribution in [3.63, 3.8) is 0 Å². The first-order valence-corrected chi connectivity index (χ1v) is 8.37. The number of carbonyl (C=O) groups excluding carboxylic acids is 2. The predicted molar refractivity (Wildman–Crippen MR) is 103 cm³/mol. The molecular formula is C19H20N2O8. The standard InChI is InChI=1S/C19H20N2O8/c1-11(18(22)20-13-6-8-16(26-2)17(10-13)27-3)29-15-7-5-12(19(23)28-4)9-14(15)21(24)25/h5-11H,1-4H3,(H,20,22)/t11-/m1/s1. The molecule has 2 aromatic rings. The number of hydrogen-bond acceptors (Lipinski definition) is 8. The first-order valence-electron chi connectivity index (χ1n) is 8.37. The van der Waals surface area contributed by atoms with Gasteiger partial charge in [-0.2, -0.15) is 0 Å². The fourth-order valence-corrected chi connectivity index (χ4v) is 2.41. The molecule has 1 amide bonds. The van der Waals surface area contributed by atoms with Crippen LogP contribution in [0.3, 0.4) is 0 Å². The fraction of sp³-hybridized carbons (Fsp3) is 0.263. The van der Waals surface area contributed by atoms with Gasteiger partial charge in [-0.05, 0) is 31.2 Å². The molecule has 1 atom stereocenters. The number of nitro benzene ring substituents is 1. The van der Waals surface area contributed by atoms with Crippen LogP contribution in [0.2, 0.25) is 0 Å². The molecule has 0 saturated carbocycles. The van der Waals surface area contributed by atoms with Crippen LogP contribution in [-0.2, 0) is 9.53 Å². The van der Waals surface area contributed by atoms with Gasteiger partial charge in [-0.1, -0.05) is 0 Å². The number of rotatable bonds is 8. The Bertz CT molecular complexity index is 928. The lowest BCUT2D eigenvalue weighted by atomic mass is 10.2. The van der Waals surface area contributed by atoms with E-state index in [1.54, 1.807) is 18.2 Å². The first kappa shape index (κ1) is 21.5. The summed E-state index contributed by atoms with van der Waals surface area (Å²) in [6, 6.07) is 8.38. The van der Waals surface area contributed by atoms with Crippen LogP contribution in [0.5, 0.6) is 17.2 Å². The van der Waals surface area contributed by atoms with E-state index in [0.717, 1.165) is 6.07 Å². The van der Waals surface area contributed by atoms with E-state index in [2.05, 4.69) is 10.1 Å². The highest BCUT2D eigenvalue weighted by atomic mass is 16.6. The Morgan fingerprint density at radius 1 is 1.00 bits per heavy atom. The lowest BCUT2D eigenvalue weighted by molar-refractivity contribution is -0.386. The summed E-state index contributed by atoms with van der Waals surface area (Å²) in [5.74, 6) is -0.496. The topological polar surface area (TPSA) is 126 Å². The molecule has 2 rings (SSSR count). The largest absolute Gasteiger partial charge is 0.493 e. The normalized spacial score (nSPS) is 11.2. The van der Waals surface area contributed by atoms with Gasteiger partial charge < -0.3 is 24.3 Å². The van der Waals surface area contributed by atoms with E-state index in [1.165, 1.54) is 40.4 Å². The highest BCUT2D eigenvalue weighted by Crippen LogP contribution is 2.31. The average molecular weight is 404 g/mol. The van der Waals surface area contributed by atoms with E-state index in [-0.39, 0.29) is 11.3 Å².